The molecule has 0 N–H and O–H groups in total. The summed E-state index contributed by atoms with van der Waals surface area (Å²) >= 11 is 1.66. The molecule has 0 radical (unpaired) electrons. The lowest BCUT2D eigenvalue weighted by molar-refractivity contribution is -0.134. The van der Waals surface area contributed by atoms with Crippen LogP contribution in [-0.2, 0) is 21.1 Å². The Morgan fingerprint density at radius 2 is 1.92 bits per heavy atom. The van der Waals surface area contributed by atoms with E-state index in [1.807, 2.05) is 18.4 Å². The van der Waals surface area contributed by atoms with Crippen molar-refractivity contribution in [2.75, 3.05) is 20.2 Å². The average molecular weight is 380 g/mol. The third-order valence-corrected chi connectivity index (χ3v) is 7.75. The summed E-state index contributed by atoms with van der Waals surface area (Å²) in [5.74, 6) is 0.641. The van der Waals surface area contributed by atoms with Crippen LogP contribution in [0.25, 0.3) is 0 Å². The van der Waals surface area contributed by atoms with Crippen LogP contribution in [0.3, 0.4) is 0 Å². The molecule has 0 unspecified atom stereocenters. The Hall–Kier alpha value is -1.86. The number of aryl methyl sites for hydroxylation is 2. The van der Waals surface area contributed by atoms with Gasteiger partial charge in [0.15, 0.2) is 9.84 Å². The Balaban J connectivity index is 1.55. The van der Waals surface area contributed by atoms with Crippen LogP contribution in [0.5, 0.6) is 5.75 Å². The first-order chi connectivity index (χ1) is 11.9. The second-order valence-corrected chi connectivity index (χ2v) is 9.40. The molecule has 25 heavy (non-hydrogen) atoms. The minimum absolute atomic E-state index is 0.0222. The van der Waals surface area contributed by atoms with E-state index in [9.17, 15) is 13.2 Å². The number of thiophene rings is 1. The summed E-state index contributed by atoms with van der Waals surface area (Å²) in [5.41, 5.74) is 1.21. The Bertz CT molecular complexity index is 849. The highest BCUT2D eigenvalue weighted by Crippen LogP contribution is 2.26. The van der Waals surface area contributed by atoms with Gasteiger partial charge in [-0.1, -0.05) is 0 Å². The van der Waals surface area contributed by atoms with Gasteiger partial charge in [-0.05, 0) is 54.6 Å². The van der Waals surface area contributed by atoms with Gasteiger partial charge in [0, 0.05) is 24.4 Å². The van der Waals surface area contributed by atoms with E-state index >= 15 is 0 Å². The summed E-state index contributed by atoms with van der Waals surface area (Å²) in [6.07, 6.45) is 1.14. The fourth-order valence-corrected chi connectivity index (χ4v) is 5.40. The molecular formula is C18H21NO4S2. The maximum atomic E-state index is 12.6. The molecule has 0 saturated carbocycles. The largest absolute Gasteiger partial charge is 0.497 e. The van der Waals surface area contributed by atoms with Crippen LogP contribution in [0.4, 0.5) is 0 Å². The van der Waals surface area contributed by atoms with Gasteiger partial charge in [-0.25, -0.2) is 8.42 Å². The Labute approximate surface area is 152 Å². The van der Waals surface area contributed by atoms with Gasteiger partial charge in [0.2, 0.25) is 5.91 Å². The van der Waals surface area contributed by atoms with Crippen LogP contribution in [-0.4, -0.2) is 44.7 Å². The number of likely N-dealkylation sites (tertiary alicyclic amines) is 1. The predicted molar refractivity (Wildman–Crippen MR) is 97.9 cm³/mol. The maximum Gasteiger partial charge on any atom is 0.223 e. The molecule has 1 aromatic carbocycles. The van der Waals surface area contributed by atoms with Crippen molar-refractivity contribution < 1.29 is 17.9 Å². The molecule has 7 heteroatoms. The second-order valence-electron chi connectivity index (χ2n) is 6.17. The molecule has 1 amide bonds. The van der Waals surface area contributed by atoms with Gasteiger partial charge in [-0.15, -0.1) is 11.3 Å². The number of sulfone groups is 1. The quantitative estimate of drug-likeness (QED) is 0.774. The molecule has 1 saturated heterocycles. The number of hydrogen-bond acceptors (Lipinski definition) is 5. The Morgan fingerprint density at radius 1 is 1.24 bits per heavy atom. The minimum Gasteiger partial charge on any atom is -0.497 e. The summed E-state index contributed by atoms with van der Waals surface area (Å²) in [6, 6.07) is 8.43. The normalized spacial score (nSPS) is 15.0. The monoisotopic (exact) mass is 379 g/mol. The highest BCUT2D eigenvalue weighted by molar-refractivity contribution is 7.92. The van der Waals surface area contributed by atoms with Crippen LogP contribution >= 0.6 is 11.3 Å². The summed E-state index contributed by atoms with van der Waals surface area (Å²) in [6.45, 7) is 2.59. The third kappa shape index (κ3) is 3.72. The lowest BCUT2D eigenvalue weighted by Crippen LogP contribution is -2.56. The summed E-state index contributed by atoms with van der Waals surface area (Å²) in [7, 11) is -1.87. The van der Waals surface area contributed by atoms with E-state index in [1.165, 1.54) is 17.6 Å². The number of nitrogens with zero attached hydrogens (tertiary/aromatic N) is 1. The molecular weight excluding hydrogens is 358 g/mol. The molecule has 0 atom stereocenters. The number of rotatable bonds is 6. The average Bonchev–Trinajstić information content (AvgIpc) is 2.96. The first kappa shape index (κ1) is 17.9. The number of methoxy groups -OCH3 is 1. The first-order valence-corrected chi connectivity index (χ1v) is 10.5. The fourth-order valence-electron chi connectivity index (χ4n) is 2.83. The minimum atomic E-state index is -3.41. The van der Waals surface area contributed by atoms with E-state index in [4.69, 9.17) is 4.74 Å². The molecule has 1 fully saturated rings. The molecule has 0 aliphatic carbocycles. The van der Waals surface area contributed by atoms with Gasteiger partial charge in [-0.2, -0.15) is 0 Å². The number of carbonyl (C=O) groups is 1. The molecule has 1 aliphatic rings. The lowest BCUT2D eigenvalue weighted by Gasteiger charge is -2.38. The van der Waals surface area contributed by atoms with Crippen molar-refractivity contribution in [1.29, 1.82) is 0 Å². The molecule has 0 bridgehead atoms. The number of carbonyl (C=O) groups excluding carboxylic acids is 1. The highest BCUT2D eigenvalue weighted by atomic mass is 32.2. The topological polar surface area (TPSA) is 63.7 Å². The van der Waals surface area contributed by atoms with E-state index in [1.54, 1.807) is 40.5 Å². The Morgan fingerprint density at radius 3 is 2.48 bits per heavy atom. The molecule has 5 nitrogen and oxygen atoms in total. The SMILES string of the molecule is COc1ccc(S(=O)(=O)C2CN(C(=O)CCc3sccc3C)C2)cc1. The van der Waals surface area contributed by atoms with Crippen LogP contribution in [0.2, 0.25) is 0 Å². The molecule has 0 spiro atoms. The van der Waals surface area contributed by atoms with E-state index in [-0.39, 0.29) is 23.9 Å². The van der Waals surface area contributed by atoms with Crippen LogP contribution in [0.1, 0.15) is 16.9 Å². The van der Waals surface area contributed by atoms with E-state index in [0.717, 1.165) is 0 Å². The van der Waals surface area contributed by atoms with Gasteiger partial charge in [0.25, 0.3) is 0 Å². The zero-order valence-corrected chi connectivity index (χ0v) is 15.9. The predicted octanol–water partition coefficient (Wildman–Crippen LogP) is 2.68. The molecule has 3 rings (SSSR count). The number of hydrogen-bond donors (Lipinski definition) is 0. The van der Waals surface area contributed by atoms with Gasteiger partial charge in [-0.3, -0.25) is 4.79 Å². The number of amides is 1. The standard InChI is InChI=1S/C18H21NO4S2/c1-13-9-10-24-17(13)7-8-18(20)19-11-16(12-19)25(21,22)15-5-3-14(23-2)4-6-15/h3-6,9-10,16H,7-8,11-12H2,1-2H3. The summed E-state index contributed by atoms with van der Waals surface area (Å²) in [4.78, 5) is 15.4. The zero-order valence-electron chi connectivity index (χ0n) is 14.3. The Kier molecular flexibility index (Phi) is 5.15. The van der Waals surface area contributed by atoms with E-state index < -0.39 is 15.1 Å². The van der Waals surface area contributed by atoms with Gasteiger partial charge in [0.1, 0.15) is 11.0 Å². The fraction of sp³-hybridized carbons (Fsp3) is 0.389. The van der Waals surface area contributed by atoms with Crippen molar-refractivity contribution in [2.45, 2.75) is 29.9 Å². The highest BCUT2D eigenvalue weighted by Gasteiger charge is 2.40. The van der Waals surface area contributed by atoms with E-state index in [2.05, 4.69) is 0 Å². The molecule has 2 heterocycles. The van der Waals surface area contributed by atoms with Crippen molar-refractivity contribution >= 4 is 27.1 Å². The molecule has 1 aromatic heterocycles. The summed E-state index contributed by atoms with van der Waals surface area (Å²) in [5, 5.41) is 1.50. The molecule has 134 valence electrons. The number of ether oxygens (including phenoxy) is 1. The lowest BCUT2D eigenvalue weighted by atomic mass is 10.1. The van der Waals surface area contributed by atoms with Crippen molar-refractivity contribution in [3.05, 3.63) is 46.2 Å². The second kappa shape index (κ2) is 7.17. The third-order valence-electron chi connectivity index (χ3n) is 4.56. The van der Waals surface area contributed by atoms with Crippen molar-refractivity contribution in [3.63, 3.8) is 0 Å². The van der Waals surface area contributed by atoms with Crippen molar-refractivity contribution in [3.8, 4) is 5.75 Å². The van der Waals surface area contributed by atoms with Gasteiger partial charge < -0.3 is 9.64 Å². The van der Waals surface area contributed by atoms with Crippen LogP contribution in [0, 0.1) is 6.92 Å². The van der Waals surface area contributed by atoms with Crippen LogP contribution < -0.4 is 4.74 Å². The molecule has 1 aliphatic heterocycles. The number of benzene rings is 1. The van der Waals surface area contributed by atoms with Gasteiger partial charge >= 0.3 is 0 Å². The smallest absolute Gasteiger partial charge is 0.223 e. The van der Waals surface area contributed by atoms with Crippen molar-refractivity contribution in [1.82, 2.24) is 4.90 Å². The van der Waals surface area contributed by atoms with Gasteiger partial charge in [0.05, 0.1) is 12.0 Å². The first-order valence-electron chi connectivity index (χ1n) is 8.10. The van der Waals surface area contributed by atoms with E-state index in [0.29, 0.717) is 18.6 Å². The molecule has 2 aromatic rings. The maximum absolute atomic E-state index is 12.6. The van der Waals surface area contributed by atoms with Crippen molar-refractivity contribution in [2.24, 2.45) is 0 Å². The summed E-state index contributed by atoms with van der Waals surface area (Å²) < 4.78 is 30.2. The zero-order chi connectivity index (χ0) is 18.0. The van der Waals surface area contributed by atoms with Crippen LogP contribution in [0.15, 0.2) is 40.6 Å².